The number of hydrogen-bond donors (Lipinski definition) is 0. The zero-order chi connectivity index (χ0) is 16.4. The molecule has 0 radical (unpaired) electrons. The molecule has 4 heteroatoms. The van der Waals surface area contributed by atoms with Gasteiger partial charge in [0.2, 0.25) is 0 Å². The smallest absolute Gasteiger partial charge is 0.119 e. The molecule has 2 heterocycles. The lowest BCUT2D eigenvalue weighted by Crippen LogP contribution is -2.38. The summed E-state index contributed by atoms with van der Waals surface area (Å²) >= 11 is 0. The van der Waals surface area contributed by atoms with Crippen molar-refractivity contribution in [3.63, 3.8) is 0 Å². The molecular weight excluding hydrogens is 300 g/mol. The number of nitrogens with zero attached hydrogens (tertiary/aromatic N) is 2. The van der Waals surface area contributed by atoms with Gasteiger partial charge in [0.15, 0.2) is 0 Å². The Morgan fingerprint density at radius 2 is 1.83 bits per heavy atom. The molecule has 1 aliphatic rings. The summed E-state index contributed by atoms with van der Waals surface area (Å²) < 4.78 is 11.3. The van der Waals surface area contributed by atoms with Gasteiger partial charge in [0, 0.05) is 31.2 Å². The molecule has 0 spiro atoms. The highest BCUT2D eigenvalue weighted by atomic mass is 16.5. The van der Waals surface area contributed by atoms with E-state index in [1.165, 1.54) is 22.0 Å². The Balaban J connectivity index is 1.59. The summed E-state index contributed by atoms with van der Waals surface area (Å²) in [4.78, 5) is 6.45. The molecular formula is C20H20N2O2. The minimum atomic E-state index is 0.0819. The van der Waals surface area contributed by atoms with E-state index in [1.807, 2.05) is 18.5 Å². The second-order valence-electron chi connectivity index (χ2n) is 5.98. The molecule has 1 aliphatic heterocycles. The number of anilines is 1. The van der Waals surface area contributed by atoms with Crippen molar-refractivity contribution in [2.75, 3.05) is 31.7 Å². The number of morpholine rings is 1. The zero-order valence-corrected chi connectivity index (χ0v) is 13.7. The van der Waals surface area contributed by atoms with E-state index in [0.29, 0.717) is 0 Å². The summed E-state index contributed by atoms with van der Waals surface area (Å²) in [6, 6.07) is 16.8. The van der Waals surface area contributed by atoms with Gasteiger partial charge in [-0.1, -0.05) is 18.2 Å². The fourth-order valence-corrected chi connectivity index (χ4v) is 3.21. The zero-order valence-electron chi connectivity index (χ0n) is 13.7. The van der Waals surface area contributed by atoms with Crippen LogP contribution in [0.2, 0.25) is 0 Å². The Morgan fingerprint density at radius 1 is 1.04 bits per heavy atom. The highest BCUT2D eigenvalue weighted by molar-refractivity contribution is 5.84. The summed E-state index contributed by atoms with van der Waals surface area (Å²) in [5.41, 5.74) is 2.41. The van der Waals surface area contributed by atoms with Gasteiger partial charge in [-0.15, -0.1) is 0 Å². The van der Waals surface area contributed by atoms with E-state index >= 15 is 0 Å². The van der Waals surface area contributed by atoms with Gasteiger partial charge in [0.05, 0.1) is 13.7 Å². The lowest BCUT2D eigenvalue weighted by molar-refractivity contribution is 0.0399. The molecule has 122 valence electrons. The van der Waals surface area contributed by atoms with Crippen LogP contribution in [0.15, 0.2) is 60.9 Å². The largest absolute Gasteiger partial charge is 0.497 e. The van der Waals surface area contributed by atoms with Crippen LogP contribution in [-0.4, -0.2) is 31.8 Å². The Morgan fingerprint density at radius 3 is 2.67 bits per heavy atom. The molecule has 1 atom stereocenters. The number of benzene rings is 2. The number of hydrogen-bond acceptors (Lipinski definition) is 4. The molecule has 0 aliphatic carbocycles. The monoisotopic (exact) mass is 320 g/mol. The van der Waals surface area contributed by atoms with Crippen molar-refractivity contribution in [2.24, 2.45) is 0 Å². The third-order valence-corrected chi connectivity index (χ3v) is 4.54. The predicted octanol–water partition coefficient (Wildman–Crippen LogP) is 3.82. The van der Waals surface area contributed by atoms with Crippen molar-refractivity contribution >= 4 is 16.5 Å². The third-order valence-electron chi connectivity index (χ3n) is 4.54. The molecule has 2 aromatic carbocycles. The molecule has 0 bridgehead atoms. The second-order valence-corrected chi connectivity index (χ2v) is 5.98. The second kappa shape index (κ2) is 6.49. The van der Waals surface area contributed by atoms with E-state index < -0.39 is 0 Å². The maximum atomic E-state index is 6.03. The topological polar surface area (TPSA) is 34.6 Å². The summed E-state index contributed by atoms with van der Waals surface area (Å²) in [6.45, 7) is 2.49. The van der Waals surface area contributed by atoms with Crippen molar-refractivity contribution in [3.05, 3.63) is 66.5 Å². The molecule has 1 saturated heterocycles. The Hall–Kier alpha value is -2.59. The van der Waals surface area contributed by atoms with E-state index in [2.05, 4.69) is 52.3 Å². The average molecular weight is 320 g/mol. The molecule has 24 heavy (non-hydrogen) atoms. The molecule has 0 N–H and O–H groups in total. The van der Waals surface area contributed by atoms with Crippen LogP contribution in [0.25, 0.3) is 10.8 Å². The van der Waals surface area contributed by atoms with Crippen LogP contribution in [0.4, 0.5) is 5.69 Å². The number of ether oxygens (including phenoxy) is 2. The normalized spacial score (nSPS) is 17.9. The fourth-order valence-electron chi connectivity index (χ4n) is 3.21. The Labute approximate surface area is 141 Å². The molecule has 0 amide bonds. The van der Waals surface area contributed by atoms with Gasteiger partial charge in [-0.3, -0.25) is 4.98 Å². The van der Waals surface area contributed by atoms with Crippen LogP contribution in [0.5, 0.6) is 5.75 Å². The van der Waals surface area contributed by atoms with Crippen LogP contribution in [0.3, 0.4) is 0 Å². The minimum Gasteiger partial charge on any atom is -0.497 e. The average Bonchev–Trinajstić information content (AvgIpc) is 2.68. The molecule has 4 rings (SSSR count). The van der Waals surface area contributed by atoms with Crippen molar-refractivity contribution in [2.45, 2.75) is 6.10 Å². The first-order chi connectivity index (χ1) is 11.8. The molecule has 0 unspecified atom stereocenters. The van der Waals surface area contributed by atoms with Crippen molar-refractivity contribution < 1.29 is 9.47 Å². The first kappa shape index (κ1) is 15.0. The summed E-state index contributed by atoms with van der Waals surface area (Å²) in [5, 5.41) is 2.39. The maximum Gasteiger partial charge on any atom is 0.119 e. The Bertz CT molecular complexity index is 835. The van der Waals surface area contributed by atoms with Crippen LogP contribution in [0, 0.1) is 0 Å². The van der Waals surface area contributed by atoms with Gasteiger partial charge in [-0.05, 0) is 46.7 Å². The molecule has 0 saturated carbocycles. The van der Waals surface area contributed by atoms with Gasteiger partial charge in [-0.25, -0.2) is 0 Å². The van der Waals surface area contributed by atoms with Crippen LogP contribution in [-0.2, 0) is 4.74 Å². The van der Waals surface area contributed by atoms with E-state index in [0.717, 1.165) is 25.4 Å². The van der Waals surface area contributed by atoms with Crippen LogP contribution < -0.4 is 9.64 Å². The molecule has 1 fully saturated rings. The summed E-state index contributed by atoms with van der Waals surface area (Å²) in [5.74, 6) is 0.882. The molecule has 3 aromatic rings. The van der Waals surface area contributed by atoms with Gasteiger partial charge >= 0.3 is 0 Å². The Kier molecular flexibility index (Phi) is 4.05. The number of rotatable bonds is 3. The van der Waals surface area contributed by atoms with Gasteiger partial charge in [0.25, 0.3) is 0 Å². The van der Waals surface area contributed by atoms with Crippen molar-refractivity contribution in [1.82, 2.24) is 4.98 Å². The van der Waals surface area contributed by atoms with Gasteiger partial charge in [0.1, 0.15) is 11.9 Å². The fraction of sp³-hybridized carbons (Fsp3) is 0.250. The third kappa shape index (κ3) is 2.93. The molecule has 1 aromatic heterocycles. The summed E-state index contributed by atoms with van der Waals surface area (Å²) in [6.07, 6.45) is 3.75. The van der Waals surface area contributed by atoms with E-state index in [9.17, 15) is 0 Å². The quantitative estimate of drug-likeness (QED) is 0.735. The first-order valence-electron chi connectivity index (χ1n) is 8.18. The standard InChI is InChI=1S/C20H20N2O2/c1-23-19-5-4-15-12-17(3-2-16(15)13-19)20-14-22(10-11-24-20)18-6-8-21-9-7-18/h2-9,12-13,20H,10-11,14H2,1H3/t20-/m0/s1. The van der Waals surface area contributed by atoms with Crippen LogP contribution >= 0.6 is 0 Å². The lowest BCUT2D eigenvalue weighted by Gasteiger charge is -2.34. The van der Waals surface area contributed by atoms with Gasteiger partial charge in [-0.2, -0.15) is 0 Å². The number of methoxy groups -OCH3 is 1. The predicted molar refractivity (Wildman–Crippen MR) is 95.6 cm³/mol. The van der Waals surface area contributed by atoms with E-state index in [4.69, 9.17) is 9.47 Å². The highest BCUT2D eigenvalue weighted by Crippen LogP contribution is 2.29. The van der Waals surface area contributed by atoms with Crippen LogP contribution in [0.1, 0.15) is 11.7 Å². The highest BCUT2D eigenvalue weighted by Gasteiger charge is 2.22. The van der Waals surface area contributed by atoms with E-state index in [-0.39, 0.29) is 6.10 Å². The SMILES string of the molecule is COc1ccc2cc([C@@H]3CN(c4ccncc4)CCO3)ccc2c1. The first-order valence-corrected chi connectivity index (χ1v) is 8.18. The summed E-state index contributed by atoms with van der Waals surface area (Å²) in [7, 11) is 1.69. The number of fused-ring (bicyclic) bond motifs is 1. The van der Waals surface area contributed by atoms with Gasteiger partial charge < -0.3 is 14.4 Å². The van der Waals surface area contributed by atoms with Crippen molar-refractivity contribution in [1.29, 1.82) is 0 Å². The minimum absolute atomic E-state index is 0.0819. The number of pyridine rings is 1. The maximum absolute atomic E-state index is 6.03. The molecule has 4 nitrogen and oxygen atoms in total. The van der Waals surface area contributed by atoms with E-state index in [1.54, 1.807) is 7.11 Å². The van der Waals surface area contributed by atoms with Crippen molar-refractivity contribution in [3.8, 4) is 5.75 Å². The number of aromatic nitrogens is 1. The lowest BCUT2D eigenvalue weighted by atomic mass is 10.0.